The first kappa shape index (κ1) is 40.1. The summed E-state index contributed by atoms with van der Waals surface area (Å²) in [4.78, 5) is 58.4. The van der Waals surface area contributed by atoms with Crippen LogP contribution in [0.3, 0.4) is 0 Å². The summed E-state index contributed by atoms with van der Waals surface area (Å²) >= 11 is 0. The molecule has 3 aromatic carbocycles. The zero-order chi connectivity index (χ0) is 37.1. The molecule has 0 unspecified atom stereocenters. The molecule has 3 aromatic rings. The number of aliphatic carboxylic acids is 1. The normalized spacial score (nSPS) is 11.4. The predicted molar refractivity (Wildman–Crippen MR) is 193 cm³/mol. The Bertz CT molecular complexity index is 1590. The lowest BCUT2D eigenvalue weighted by molar-refractivity contribution is -0.135. The molecule has 0 spiro atoms. The predicted octanol–water partition coefficient (Wildman–Crippen LogP) is 1.04. The second-order valence-electron chi connectivity index (χ2n) is 11.2. The van der Waals surface area contributed by atoms with E-state index in [2.05, 4.69) is 20.6 Å². The molecule has 0 saturated carbocycles. The molecular formula is C35H47N9O6. The van der Waals surface area contributed by atoms with E-state index in [9.17, 15) is 19.5 Å². The number of guanidine groups is 2. The Balaban J connectivity index is 0.00000205. The summed E-state index contributed by atoms with van der Waals surface area (Å²) in [6.07, 6.45) is 0.666. The molecule has 0 aliphatic heterocycles. The maximum absolute atomic E-state index is 13.3. The smallest absolute Gasteiger partial charge is 0.300 e. The molecule has 0 radical (unpaired) electrons. The lowest BCUT2D eigenvalue weighted by atomic mass is 10.0. The molecule has 0 fully saturated rings. The summed E-state index contributed by atoms with van der Waals surface area (Å²) in [6.45, 7) is 3.72. The number of likely N-dealkylation sites (N-methyl/N-ethyl adjacent to an activating group) is 1. The van der Waals surface area contributed by atoms with Gasteiger partial charge in [0.05, 0.1) is 6.54 Å². The fraction of sp³-hybridized carbons (Fsp3) is 0.314. The fourth-order valence-corrected chi connectivity index (χ4v) is 4.70. The van der Waals surface area contributed by atoms with Crippen molar-refractivity contribution in [3.8, 4) is 16.9 Å². The maximum Gasteiger partial charge on any atom is 0.300 e. The van der Waals surface area contributed by atoms with E-state index >= 15 is 0 Å². The first-order valence-corrected chi connectivity index (χ1v) is 15.9. The molecule has 0 aliphatic rings. The molecule has 15 heteroatoms. The minimum absolute atomic E-state index is 0.0706. The van der Waals surface area contributed by atoms with Crippen molar-refractivity contribution in [1.82, 2.24) is 15.5 Å². The van der Waals surface area contributed by atoms with Crippen molar-refractivity contribution in [2.24, 2.45) is 32.9 Å². The van der Waals surface area contributed by atoms with Crippen LogP contribution in [0.15, 0.2) is 88.8 Å². The Kier molecular flexibility index (Phi) is 16.8. The van der Waals surface area contributed by atoms with Gasteiger partial charge in [-0.2, -0.15) is 0 Å². The number of carbonyl (C=O) groups excluding carboxylic acids is 3. The molecule has 3 rings (SSSR count). The highest BCUT2D eigenvalue weighted by atomic mass is 16.4. The zero-order valence-corrected chi connectivity index (χ0v) is 28.3. The highest BCUT2D eigenvalue weighted by Crippen LogP contribution is 2.20. The van der Waals surface area contributed by atoms with Crippen molar-refractivity contribution < 1.29 is 29.4 Å². The monoisotopic (exact) mass is 689 g/mol. The molecule has 0 heterocycles. The molecule has 268 valence electrons. The number of benzene rings is 3. The molecule has 0 aromatic heterocycles. The number of nitrogens with zero attached hydrogens (tertiary/aromatic N) is 3. The minimum atomic E-state index is -1.05. The molecule has 15 nitrogen and oxygen atoms in total. The first-order valence-electron chi connectivity index (χ1n) is 15.9. The number of amides is 3. The fourth-order valence-electron chi connectivity index (χ4n) is 4.70. The van der Waals surface area contributed by atoms with Gasteiger partial charge >= 0.3 is 0 Å². The Morgan fingerprint density at radius 1 is 0.820 bits per heavy atom. The van der Waals surface area contributed by atoms with E-state index in [-0.39, 0.29) is 49.5 Å². The largest absolute Gasteiger partial charge is 0.508 e. The summed E-state index contributed by atoms with van der Waals surface area (Å²) in [5.41, 5.74) is 25.8. The summed E-state index contributed by atoms with van der Waals surface area (Å²) in [6, 6.07) is 22.1. The van der Waals surface area contributed by atoms with Gasteiger partial charge in [-0.05, 0) is 54.2 Å². The van der Waals surface area contributed by atoms with E-state index in [0.29, 0.717) is 25.1 Å². The van der Waals surface area contributed by atoms with Gasteiger partial charge in [-0.25, -0.2) is 4.99 Å². The molecule has 3 amide bonds. The average Bonchev–Trinajstić information content (AvgIpc) is 3.08. The average molecular weight is 690 g/mol. The van der Waals surface area contributed by atoms with Crippen LogP contribution in [0.5, 0.6) is 5.75 Å². The van der Waals surface area contributed by atoms with Gasteiger partial charge in [-0.3, -0.25) is 24.2 Å². The van der Waals surface area contributed by atoms with E-state index in [0.717, 1.165) is 23.6 Å². The van der Waals surface area contributed by atoms with E-state index in [1.165, 1.54) is 12.1 Å². The van der Waals surface area contributed by atoms with Crippen molar-refractivity contribution in [3.05, 3.63) is 90.0 Å². The molecule has 2 atom stereocenters. The lowest BCUT2D eigenvalue weighted by Gasteiger charge is -2.23. The van der Waals surface area contributed by atoms with Gasteiger partial charge in [-0.15, -0.1) is 0 Å². The van der Waals surface area contributed by atoms with Crippen LogP contribution in [0.1, 0.15) is 37.8 Å². The zero-order valence-electron chi connectivity index (χ0n) is 28.3. The van der Waals surface area contributed by atoms with Crippen LogP contribution in [-0.2, 0) is 32.1 Å². The number of rotatable bonds is 16. The Morgan fingerprint density at radius 3 is 1.96 bits per heavy atom. The Labute approximate surface area is 291 Å². The van der Waals surface area contributed by atoms with Crippen molar-refractivity contribution in [2.75, 3.05) is 19.6 Å². The molecule has 12 N–H and O–H groups in total. The maximum atomic E-state index is 13.3. The first-order chi connectivity index (χ1) is 23.8. The van der Waals surface area contributed by atoms with Crippen LogP contribution in [-0.4, -0.2) is 82.4 Å². The topological polar surface area (TPSA) is 265 Å². The van der Waals surface area contributed by atoms with Gasteiger partial charge < -0.3 is 48.7 Å². The van der Waals surface area contributed by atoms with E-state index in [4.69, 9.17) is 32.8 Å². The third kappa shape index (κ3) is 15.2. The van der Waals surface area contributed by atoms with Crippen LogP contribution in [0.2, 0.25) is 0 Å². The van der Waals surface area contributed by atoms with Crippen LogP contribution in [0.4, 0.5) is 0 Å². The van der Waals surface area contributed by atoms with E-state index in [1.54, 1.807) is 17.0 Å². The van der Waals surface area contributed by atoms with Crippen molar-refractivity contribution >= 4 is 35.6 Å². The van der Waals surface area contributed by atoms with Crippen molar-refractivity contribution in [2.45, 2.75) is 51.7 Å². The van der Waals surface area contributed by atoms with Crippen molar-refractivity contribution in [1.29, 1.82) is 0 Å². The molecule has 0 bridgehead atoms. The second-order valence-corrected chi connectivity index (χ2v) is 11.2. The number of nitrogens with two attached hydrogens (primary N) is 4. The second kappa shape index (κ2) is 21.0. The number of nitrogens with one attached hydrogen (secondary N) is 2. The van der Waals surface area contributed by atoms with E-state index < -0.39 is 29.9 Å². The van der Waals surface area contributed by atoms with Gasteiger partial charge in [0.15, 0.2) is 11.9 Å². The number of aliphatic imine (C=N–C) groups is 2. The number of hydrogen-bond donors (Lipinski definition) is 8. The lowest BCUT2D eigenvalue weighted by Crippen LogP contribution is -2.52. The number of carboxylic acid groups (broad SMARTS) is 1. The van der Waals surface area contributed by atoms with Gasteiger partial charge in [0, 0.05) is 33.0 Å². The number of hydrogen-bond acceptors (Lipinski definition) is 7. The Morgan fingerprint density at radius 2 is 1.40 bits per heavy atom. The summed E-state index contributed by atoms with van der Waals surface area (Å²) in [7, 11) is 0. The molecule has 0 saturated heterocycles. The van der Waals surface area contributed by atoms with Crippen LogP contribution in [0.25, 0.3) is 11.1 Å². The highest BCUT2D eigenvalue weighted by Gasteiger charge is 2.26. The standard InChI is InChI=1S/C33H43N9O4.C2H4O2/c1-2-42(21-23-10-14-25(15-11-23)24-7-4-3-5-8-24)29(44)20-39-30(45)27(9-6-18-38-32(34)35)40-31(46)28(41-33(36)37)19-22-12-16-26(43)17-13-22;1-2(3)4/h3-5,7-8,10-17,27-28,43H,2,6,9,18-21H2,1H3,(H,39,45)(H,40,46)(H4,34,35,38)(H4,36,37,41);1H3,(H,3,4)/t27-,28+;/m1./s1. The van der Waals surface area contributed by atoms with Gasteiger partial charge in [0.2, 0.25) is 17.7 Å². The summed E-state index contributed by atoms with van der Waals surface area (Å²) in [5.74, 6) is -2.58. The highest BCUT2D eigenvalue weighted by molar-refractivity contribution is 5.93. The third-order valence-electron chi connectivity index (χ3n) is 7.13. The number of carbonyl (C=O) groups is 4. The third-order valence-corrected chi connectivity index (χ3v) is 7.13. The molecule has 50 heavy (non-hydrogen) atoms. The van der Waals surface area contributed by atoms with Crippen LogP contribution >= 0.6 is 0 Å². The number of phenols is 1. The minimum Gasteiger partial charge on any atom is -0.508 e. The van der Waals surface area contributed by atoms with Crippen LogP contribution < -0.4 is 33.6 Å². The van der Waals surface area contributed by atoms with E-state index in [1.807, 2.05) is 61.5 Å². The summed E-state index contributed by atoms with van der Waals surface area (Å²) < 4.78 is 0. The van der Waals surface area contributed by atoms with Gasteiger partial charge in [-0.1, -0.05) is 66.7 Å². The molecule has 0 aliphatic carbocycles. The Hall–Kier alpha value is -6.12. The van der Waals surface area contributed by atoms with Crippen molar-refractivity contribution in [3.63, 3.8) is 0 Å². The quantitative estimate of drug-likeness (QED) is 0.0601. The van der Waals surface area contributed by atoms with Gasteiger partial charge in [0.25, 0.3) is 5.97 Å². The number of aromatic hydroxyl groups is 1. The molecular weight excluding hydrogens is 642 g/mol. The van der Waals surface area contributed by atoms with Gasteiger partial charge in [0.1, 0.15) is 17.8 Å². The van der Waals surface area contributed by atoms with Crippen LogP contribution in [0, 0.1) is 0 Å². The summed E-state index contributed by atoms with van der Waals surface area (Å²) in [5, 5.41) is 22.4. The number of phenolic OH excluding ortho intramolecular Hbond substituents is 1. The number of carboxylic acids is 1. The SMILES string of the molecule is CC(=O)O.CCN(Cc1ccc(-c2ccccc2)cc1)C(=O)CNC(=O)[C@@H](CCCN=C(N)N)NC(=O)[C@H](Cc1ccc(O)cc1)N=C(N)N.